The molecule has 0 aliphatic rings. The predicted molar refractivity (Wildman–Crippen MR) is 128 cm³/mol. The zero-order valence-corrected chi connectivity index (χ0v) is 17.7. The number of hydrogen-bond acceptors (Lipinski definition) is 5. The molecular weight excluding hydrogens is 418 g/mol. The number of amides is 1. The van der Waals surface area contributed by atoms with Crippen molar-refractivity contribution >= 4 is 33.7 Å². The highest BCUT2D eigenvalue weighted by atomic mass is 16.5. The van der Waals surface area contributed by atoms with Crippen molar-refractivity contribution in [1.29, 1.82) is 0 Å². The number of furan rings is 1. The quantitative estimate of drug-likeness (QED) is 0.394. The van der Waals surface area contributed by atoms with Gasteiger partial charge in [-0.15, -0.1) is 0 Å². The fraction of sp³-hybridized carbons (Fsp3) is 0.0385. The van der Waals surface area contributed by atoms with Gasteiger partial charge in [0.15, 0.2) is 5.58 Å². The molecule has 7 nitrogen and oxygen atoms in total. The number of anilines is 1. The molecule has 1 N–H and O–H groups in total. The molecular formula is C26H19N3O4. The molecule has 0 fully saturated rings. The van der Waals surface area contributed by atoms with Crippen LogP contribution >= 0.6 is 0 Å². The smallest absolute Gasteiger partial charge is 0.255 e. The number of pyridine rings is 2. The van der Waals surface area contributed by atoms with Crippen molar-refractivity contribution in [3.8, 4) is 22.7 Å². The van der Waals surface area contributed by atoms with Crippen molar-refractivity contribution in [2.24, 2.45) is 0 Å². The Labute approximate surface area is 188 Å². The maximum absolute atomic E-state index is 13.0. The second-order valence-corrected chi connectivity index (χ2v) is 7.37. The average Bonchev–Trinajstić information content (AvgIpc) is 3.22. The summed E-state index contributed by atoms with van der Waals surface area (Å²) in [5.74, 6) is 0.204. The number of carbonyl (C=O) groups excluding carboxylic acids is 1. The fourth-order valence-corrected chi connectivity index (χ4v) is 3.80. The molecule has 1 amide bonds. The van der Waals surface area contributed by atoms with Gasteiger partial charge in [0.2, 0.25) is 11.8 Å². The van der Waals surface area contributed by atoms with Crippen LogP contribution in [0.2, 0.25) is 0 Å². The Morgan fingerprint density at radius 3 is 2.64 bits per heavy atom. The highest BCUT2D eigenvalue weighted by Gasteiger charge is 2.15. The molecule has 5 aromatic rings. The first-order valence-electron chi connectivity index (χ1n) is 10.2. The maximum atomic E-state index is 13.0. The molecule has 0 aliphatic carbocycles. The number of aromatic nitrogens is 2. The molecule has 0 unspecified atom stereocenters. The summed E-state index contributed by atoms with van der Waals surface area (Å²) in [6, 6.07) is 19.7. The summed E-state index contributed by atoms with van der Waals surface area (Å²) in [4.78, 5) is 29.0. The normalized spacial score (nSPS) is 10.9. The number of nitrogens with zero attached hydrogens (tertiary/aromatic N) is 2. The number of benzene rings is 2. The van der Waals surface area contributed by atoms with Crippen LogP contribution in [-0.4, -0.2) is 22.6 Å². The average molecular weight is 437 g/mol. The predicted octanol–water partition coefficient (Wildman–Crippen LogP) is 4.93. The number of rotatable bonds is 5. The van der Waals surface area contributed by atoms with Gasteiger partial charge in [-0.3, -0.25) is 14.2 Å². The third-order valence-corrected chi connectivity index (χ3v) is 5.35. The van der Waals surface area contributed by atoms with E-state index in [2.05, 4.69) is 16.9 Å². The molecule has 5 rings (SSSR count). The highest BCUT2D eigenvalue weighted by molar-refractivity contribution is 6.05. The van der Waals surface area contributed by atoms with Crippen molar-refractivity contribution in [1.82, 2.24) is 9.55 Å². The first kappa shape index (κ1) is 20.3. The molecule has 2 aromatic carbocycles. The molecule has 0 saturated carbocycles. The Balaban J connectivity index is 1.71. The Kier molecular flexibility index (Phi) is 4.99. The third kappa shape index (κ3) is 3.65. The van der Waals surface area contributed by atoms with Gasteiger partial charge in [-0.25, -0.2) is 4.98 Å². The van der Waals surface area contributed by atoms with Gasteiger partial charge in [0.05, 0.1) is 12.8 Å². The minimum absolute atomic E-state index is 0.214. The largest absolute Gasteiger partial charge is 0.481 e. The van der Waals surface area contributed by atoms with Crippen molar-refractivity contribution in [3.05, 3.63) is 95.9 Å². The number of hydrogen-bond donors (Lipinski definition) is 1. The minimum atomic E-state index is -0.329. The van der Waals surface area contributed by atoms with Crippen LogP contribution in [0.1, 0.15) is 0 Å². The van der Waals surface area contributed by atoms with Crippen molar-refractivity contribution in [3.63, 3.8) is 0 Å². The maximum Gasteiger partial charge on any atom is 0.255 e. The van der Waals surface area contributed by atoms with E-state index in [1.54, 1.807) is 54.3 Å². The van der Waals surface area contributed by atoms with Crippen molar-refractivity contribution in [2.45, 2.75) is 0 Å². The van der Waals surface area contributed by atoms with Gasteiger partial charge >= 0.3 is 0 Å². The lowest BCUT2D eigenvalue weighted by Crippen LogP contribution is -2.17. The molecule has 33 heavy (non-hydrogen) atoms. The zero-order valence-electron chi connectivity index (χ0n) is 17.7. The number of ether oxygens (including phenoxy) is 1. The lowest BCUT2D eigenvalue weighted by atomic mass is 10.1. The minimum Gasteiger partial charge on any atom is -0.481 e. The second kappa shape index (κ2) is 8.12. The molecule has 7 heteroatoms. The van der Waals surface area contributed by atoms with Crippen LogP contribution < -0.4 is 15.6 Å². The van der Waals surface area contributed by atoms with Gasteiger partial charge in [-0.1, -0.05) is 18.7 Å². The molecule has 0 aliphatic heterocycles. The van der Waals surface area contributed by atoms with Crippen molar-refractivity contribution < 1.29 is 13.9 Å². The van der Waals surface area contributed by atoms with Gasteiger partial charge in [-0.05, 0) is 54.1 Å². The first-order chi connectivity index (χ1) is 16.1. The lowest BCUT2D eigenvalue weighted by Gasteiger charge is -2.10. The Bertz CT molecular complexity index is 1580. The third-order valence-electron chi connectivity index (χ3n) is 5.35. The second-order valence-electron chi connectivity index (χ2n) is 7.37. The SMILES string of the molecule is C=CC(=O)Nc1cccc(-n2c(=O)ccc3oc4ccc(-c5ccc(OC)nc5)cc4c32)c1. The Morgan fingerprint density at radius 2 is 1.88 bits per heavy atom. The van der Waals surface area contributed by atoms with Gasteiger partial charge in [-0.2, -0.15) is 0 Å². The van der Waals surface area contributed by atoms with Gasteiger partial charge < -0.3 is 14.5 Å². The molecule has 0 radical (unpaired) electrons. The Morgan fingerprint density at radius 1 is 1.06 bits per heavy atom. The van der Waals surface area contributed by atoms with Crippen molar-refractivity contribution in [2.75, 3.05) is 12.4 Å². The number of carbonyl (C=O) groups is 1. The first-order valence-corrected chi connectivity index (χ1v) is 10.2. The molecule has 0 saturated heterocycles. The fourth-order valence-electron chi connectivity index (χ4n) is 3.80. The molecule has 3 heterocycles. The van der Waals surface area contributed by atoms with Crippen LogP contribution in [-0.2, 0) is 4.79 Å². The molecule has 0 spiro atoms. The monoisotopic (exact) mass is 437 g/mol. The highest BCUT2D eigenvalue weighted by Crippen LogP contribution is 2.33. The van der Waals surface area contributed by atoms with E-state index in [1.165, 1.54) is 12.1 Å². The number of fused-ring (bicyclic) bond motifs is 3. The van der Waals surface area contributed by atoms with E-state index in [0.717, 1.165) is 16.5 Å². The molecule has 0 atom stereocenters. The summed E-state index contributed by atoms with van der Waals surface area (Å²) < 4.78 is 12.8. The number of methoxy groups -OCH3 is 1. The van der Waals surface area contributed by atoms with E-state index in [4.69, 9.17) is 9.15 Å². The van der Waals surface area contributed by atoms with Gasteiger partial charge in [0, 0.05) is 35.0 Å². The van der Waals surface area contributed by atoms with E-state index >= 15 is 0 Å². The summed E-state index contributed by atoms with van der Waals surface area (Å²) in [5.41, 5.74) is 4.66. The van der Waals surface area contributed by atoms with Gasteiger partial charge in [0.1, 0.15) is 11.1 Å². The van der Waals surface area contributed by atoms with Crippen LogP contribution in [0, 0.1) is 0 Å². The topological polar surface area (TPSA) is 86.4 Å². The Hall–Kier alpha value is -4.65. The summed E-state index contributed by atoms with van der Waals surface area (Å²) in [6.45, 7) is 3.47. The lowest BCUT2D eigenvalue weighted by molar-refractivity contribution is -0.111. The van der Waals surface area contributed by atoms with Crippen LogP contribution in [0.4, 0.5) is 5.69 Å². The standard InChI is InChI=1S/C26H19N3O4/c1-3-23(30)28-18-5-4-6-19(14-18)29-25(31)12-10-22-26(29)20-13-16(7-9-21(20)33-22)17-8-11-24(32-2)27-15-17/h3-15H,1H2,2H3,(H,28,30). The van der Waals surface area contributed by atoms with E-state index in [1.807, 2.05) is 24.3 Å². The van der Waals surface area contributed by atoms with E-state index in [-0.39, 0.29) is 11.5 Å². The van der Waals surface area contributed by atoms with Crippen LogP contribution in [0.25, 0.3) is 38.9 Å². The van der Waals surface area contributed by atoms with Crippen LogP contribution in [0.15, 0.2) is 94.8 Å². The van der Waals surface area contributed by atoms with E-state index in [0.29, 0.717) is 33.9 Å². The zero-order chi connectivity index (χ0) is 22.9. The summed E-state index contributed by atoms with van der Waals surface area (Å²) in [6.07, 6.45) is 2.93. The number of nitrogens with one attached hydrogen (secondary N) is 1. The summed E-state index contributed by atoms with van der Waals surface area (Å²) in [5, 5.41) is 3.52. The summed E-state index contributed by atoms with van der Waals surface area (Å²) >= 11 is 0. The summed E-state index contributed by atoms with van der Waals surface area (Å²) in [7, 11) is 1.57. The molecule has 162 valence electrons. The molecule has 0 bridgehead atoms. The van der Waals surface area contributed by atoms with Crippen LogP contribution in [0.5, 0.6) is 5.88 Å². The van der Waals surface area contributed by atoms with Crippen LogP contribution in [0.3, 0.4) is 0 Å². The van der Waals surface area contributed by atoms with E-state index < -0.39 is 0 Å². The van der Waals surface area contributed by atoms with E-state index in [9.17, 15) is 9.59 Å². The molecule has 3 aromatic heterocycles. The van der Waals surface area contributed by atoms with Gasteiger partial charge in [0.25, 0.3) is 5.56 Å².